The molecule has 3 rings (SSSR count). The number of nitrogens with one attached hydrogen (secondary N) is 1. The number of rotatable bonds is 5. The number of sulfone groups is 1. The molecule has 0 saturated carbocycles. The Labute approximate surface area is 152 Å². The Morgan fingerprint density at radius 3 is 2.54 bits per heavy atom. The molecule has 7 heteroatoms. The van der Waals surface area contributed by atoms with Crippen LogP contribution in [0, 0.1) is 0 Å². The van der Waals surface area contributed by atoms with E-state index in [1.165, 1.54) is 12.1 Å². The van der Waals surface area contributed by atoms with Crippen molar-refractivity contribution in [3.63, 3.8) is 0 Å². The van der Waals surface area contributed by atoms with Gasteiger partial charge >= 0.3 is 0 Å². The van der Waals surface area contributed by atoms with Gasteiger partial charge in [-0.05, 0) is 24.1 Å². The molecule has 0 unspecified atom stereocenters. The molecule has 1 heterocycles. The van der Waals surface area contributed by atoms with Crippen LogP contribution in [0.3, 0.4) is 0 Å². The number of aliphatic hydroxyl groups is 1. The molecule has 138 valence electrons. The molecule has 2 atom stereocenters. The van der Waals surface area contributed by atoms with Crippen LogP contribution in [0.2, 0.25) is 0 Å². The maximum Gasteiger partial charge on any atom is 0.252 e. The predicted octanol–water partition coefficient (Wildman–Crippen LogP) is 1.54. The molecule has 0 bridgehead atoms. The van der Waals surface area contributed by atoms with Gasteiger partial charge in [0.25, 0.3) is 5.91 Å². The molecule has 1 aliphatic heterocycles. The van der Waals surface area contributed by atoms with Crippen LogP contribution in [0.4, 0.5) is 0 Å². The van der Waals surface area contributed by atoms with Crippen molar-refractivity contribution < 1.29 is 23.1 Å². The quantitative estimate of drug-likeness (QED) is 0.827. The third kappa shape index (κ3) is 4.30. The second-order valence-electron chi connectivity index (χ2n) is 6.25. The molecule has 0 radical (unpaired) electrons. The van der Waals surface area contributed by atoms with E-state index in [0.29, 0.717) is 18.6 Å². The largest absolute Gasteiger partial charge is 0.391 e. The number of aliphatic hydroxyl groups excluding tert-OH is 1. The Balaban J connectivity index is 1.84. The number of hydrogen-bond donors (Lipinski definition) is 2. The minimum absolute atomic E-state index is 0.0208. The van der Waals surface area contributed by atoms with Gasteiger partial charge in [-0.2, -0.15) is 0 Å². The lowest BCUT2D eigenvalue weighted by molar-refractivity contribution is -0.0140. The van der Waals surface area contributed by atoms with E-state index in [-0.39, 0.29) is 22.8 Å². The van der Waals surface area contributed by atoms with Gasteiger partial charge in [0.05, 0.1) is 35.0 Å². The monoisotopic (exact) mass is 375 g/mol. The highest BCUT2D eigenvalue weighted by Crippen LogP contribution is 2.21. The number of hydrogen-bond acceptors (Lipinski definition) is 5. The zero-order chi connectivity index (χ0) is 18.6. The zero-order valence-electron chi connectivity index (χ0n) is 14.2. The topological polar surface area (TPSA) is 92.7 Å². The van der Waals surface area contributed by atoms with E-state index in [1.807, 2.05) is 6.07 Å². The van der Waals surface area contributed by atoms with Crippen LogP contribution in [0.5, 0.6) is 0 Å². The van der Waals surface area contributed by atoms with Crippen LogP contribution < -0.4 is 5.32 Å². The number of amides is 1. The second kappa shape index (κ2) is 7.99. The van der Waals surface area contributed by atoms with Crippen molar-refractivity contribution in [2.75, 3.05) is 13.2 Å². The molecule has 0 aromatic heterocycles. The van der Waals surface area contributed by atoms with Gasteiger partial charge in [0, 0.05) is 6.61 Å². The Morgan fingerprint density at radius 2 is 1.81 bits per heavy atom. The molecule has 1 fully saturated rings. The van der Waals surface area contributed by atoms with Crippen LogP contribution >= 0.6 is 0 Å². The van der Waals surface area contributed by atoms with E-state index in [4.69, 9.17) is 4.74 Å². The fraction of sp³-hybridized carbons (Fsp3) is 0.316. The average molecular weight is 375 g/mol. The molecule has 1 saturated heterocycles. The highest BCUT2D eigenvalue weighted by Gasteiger charge is 2.28. The van der Waals surface area contributed by atoms with Gasteiger partial charge in [0.15, 0.2) is 9.84 Å². The highest BCUT2D eigenvalue weighted by atomic mass is 32.2. The second-order valence-corrected chi connectivity index (χ2v) is 8.21. The summed E-state index contributed by atoms with van der Waals surface area (Å²) < 4.78 is 30.9. The zero-order valence-corrected chi connectivity index (χ0v) is 15.0. The van der Waals surface area contributed by atoms with Gasteiger partial charge < -0.3 is 15.2 Å². The maximum absolute atomic E-state index is 12.8. The molecule has 26 heavy (non-hydrogen) atoms. The third-order valence-electron chi connectivity index (χ3n) is 4.30. The van der Waals surface area contributed by atoms with Gasteiger partial charge in [-0.3, -0.25) is 4.79 Å². The van der Waals surface area contributed by atoms with Crippen LogP contribution in [0.25, 0.3) is 0 Å². The van der Waals surface area contributed by atoms with E-state index in [0.717, 1.165) is 0 Å². The highest BCUT2D eigenvalue weighted by molar-refractivity contribution is 7.90. The standard InChI is InChI=1S/C19H21NO5S/c21-17-10-11-25-12-16(17)20-19(22)15-8-4-5-9-18(15)26(23,24)13-14-6-2-1-3-7-14/h1-9,16-17,21H,10-13H2,(H,20,22)/t16-,17-/m1/s1. The number of carbonyl (C=O) groups is 1. The minimum Gasteiger partial charge on any atom is -0.391 e. The summed E-state index contributed by atoms with van der Waals surface area (Å²) in [5.74, 6) is -0.723. The molecular formula is C19H21NO5S. The Kier molecular flexibility index (Phi) is 5.70. The smallest absolute Gasteiger partial charge is 0.252 e. The lowest BCUT2D eigenvalue weighted by Crippen LogP contribution is -2.49. The number of carbonyl (C=O) groups excluding carboxylic acids is 1. The van der Waals surface area contributed by atoms with Crippen molar-refractivity contribution in [2.45, 2.75) is 29.2 Å². The summed E-state index contributed by atoms with van der Waals surface area (Å²) in [5, 5.41) is 12.7. The van der Waals surface area contributed by atoms with Crippen LogP contribution in [0.15, 0.2) is 59.5 Å². The van der Waals surface area contributed by atoms with Gasteiger partial charge in [-0.15, -0.1) is 0 Å². The Morgan fingerprint density at radius 1 is 1.12 bits per heavy atom. The summed E-state index contributed by atoms with van der Waals surface area (Å²) >= 11 is 0. The molecule has 0 aliphatic carbocycles. The third-order valence-corrected chi connectivity index (χ3v) is 6.04. The van der Waals surface area contributed by atoms with E-state index in [2.05, 4.69) is 5.32 Å². The summed E-state index contributed by atoms with van der Waals surface area (Å²) in [6.07, 6.45) is -0.278. The first-order chi connectivity index (χ1) is 12.5. The van der Waals surface area contributed by atoms with Gasteiger partial charge in [0.2, 0.25) is 0 Å². The molecule has 6 nitrogen and oxygen atoms in total. The maximum atomic E-state index is 12.8. The van der Waals surface area contributed by atoms with Gasteiger partial charge in [0.1, 0.15) is 0 Å². The summed E-state index contributed by atoms with van der Waals surface area (Å²) in [7, 11) is -3.70. The average Bonchev–Trinajstić information content (AvgIpc) is 2.64. The molecule has 2 N–H and O–H groups in total. The number of ether oxygens (including phenoxy) is 1. The first-order valence-corrected chi connectivity index (χ1v) is 10.0. The Hall–Kier alpha value is -2.22. The summed E-state index contributed by atoms with van der Waals surface area (Å²) in [6, 6.07) is 14.4. The Bertz CT molecular complexity index is 867. The minimum atomic E-state index is -3.70. The lowest BCUT2D eigenvalue weighted by Gasteiger charge is -2.28. The van der Waals surface area contributed by atoms with Crippen molar-refractivity contribution in [2.24, 2.45) is 0 Å². The first kappa shape index (κ1) is 18.6. The van der Waals surface area contributed by atoms with Crippen LogP contribution in [-0.2, 0) is 20.3 Å². The molecular weight excluding hydrogens is 354 g/mol. The van der Waals surface area contributed by atoms with Crippen molar-refractivity contribution in [3.05, 3.63) is 65.7 Å². The molecule has 2 aromatic rings. The molecule has 1 amide bonds. The molecule has 1 aliphatic rings. The van der Waals surface area contributed by atoms with E-state index < -0.39 is 27.9 Å². The fourth-order valence-electron chi connectivity index (χ4n) is 2.91. The van der Waals surface area contributed by atoms with Crippen LogP contribution in [0.1, 0.15) is 22.3 Å². The SMILES string of the molecule is O=C(N[C@@H]1COCC[C@H]1O)c1ccccc1S(=O)(=O)Cc1ccccc1. The lowest BCUT2D eigenvalue weighted by atomic mass is 10.1. The van der Waals surface area contributed by atoms with Crippen molar-refractivity contribution in [1.82, 2.24) is 5.32 Å². The van der Waals surface area contributed by atoms with Crippen molar-refractivity contribution >= 4 is 15.7 Å². The normalized spacial score (nSPS) is 20.5. The predicted molar refractivity (Wildman–Crippen MR) is 96.5 cm³/mol. The summed E-state index contributed by atoms with van der Waals surface area (Å²) in [5.41, 5.74) is 0.722. The first-order valence-electron chi connectivity index (χ1n) is 8.40. The van der Waals surface area contributed by atoms with Crippen molar-refractivity contribution in [3.8, 4) is 0 Å². The van der Waals surface area contributed by atoms with E-state index >= 15 is 0 Å². The number of benzene rings is 2. The molecule has 2 aromatic carbocycles. The summed E-state index contributed by atoms with van der Waals surface area (Å²) in [6.45, 7) is 0.640. The summed E-state index contributed by atoms with van der Waals surface area (Å²) in [4.78, 5) is 12.6. The fourth-order valence-corrected chi connectivity index (χ4v) is 4.48. The van der Waals surface area contributed by atoms with Crippen molar-refractivity contribution in [1.29, 1.82) is 0 Å². The van der Waals surface area contributed by atoms with Gasteiger partial charge in [-0.25, -0.2) is 8.42 Å². The van der Waals surface area contributed by atoms with E-state index in [9.17, 15) is 18.3 Å². The van der Waals surface area contributed by atoms with Gasteiger partial charge in [-0.1, -0.05) is 42.5 Å². The van der Waals surface area contributed by atoms with Crippen LogP contribution in [-0.4, -0.2) is 44.8 Å². The van der Waals surface area contributed by atoms with E-state index in [1.54, 1.807) is 36.4 Å². The molecule has 0 spiro atoms.